The highest BCUT2D eigenvalue weighted by Crippen LogP contribution is 2.15. The highest BCUT2D eigenvalue weighted by molar-refractivity contribution is 5.88. The highest BCUT2D eigenvalue weighted by atomic mass is 16.5. The molecule has 0 heterocycles. The Hall–Kier alpha value is -2.81. The first-order valence-corrected chi connectivity index (χ1v) is 6.08. The zero-order valence-corrected chi connectivity index (χ0v) is 10.8. The second-order valence-electron chi connectivity index (χ2n) is 4.11. The third kappa shape index (κ3) is 3.59. The lowest BCUT2D eigenvalue weighted by atomic mass is 10.1. The summed E-state index contributed by atoms with van der Waals surface area (Å²) in [7, 11) is 0. The van der Waals surface area contributed by atoms with Gasteiger partial charge < -0.3 is 9.84 Å². The van der Waals surface area contributed by atoms with Crippen LogP contribution in [0.4, 0.5) is 0 Å². The molecule has 3 nitrogen and oxygen atoms in total. The first-order valence-electron chi connectivity index (χ1n) is 6.08. The summed E-state index contributed by atoms with van der Waals surface area (Å²) in [6, 6.07) is 14.3. The fraction of sp³-hybridized carbons (Fsp3) is 0. The summed E-state index contributed by atoms with van der Waals surface area (Å²) in [5, 5.41) is 8.82. The third-order valence-electron chi connectivity index (χ3n) is 2.73. The highest BCUT2D eigenvalue weighted by Gasteiger charge is 1.99. The summed E-state index contributed by atoms with van der Waals surface area (Å²) < 4.78 is 5.14. The summed E-state index contributed by atoms with van der Waals surface area (Å²) >= 11 is 0. The van der Waals surface area contributed by atoms with Gasteiger partial charge in [-0.2, -0.15) is 0 Å². The molecule has 2 aromatic carbocycles. The van der Waals surface area contributed by atoms with Crippen molar-refractivity contribution < 1.29 is 14.6 Å². The van der Waals surface area contributed by atoms with Gasteiger partial charge in [-0.15, -0.1) is 0 Å². The zero-order chi connectivity index (χ0) is 14.4. The minimum Gasteiger partial charge on any atom is -0.478 e. The second kappa shape index (κ2) is 6.38. The predicted molar refractivity (Wildman–Crippen MR) is 79.6 cm³/mol. The fourth-order valence-corrected chi connectivity index (χ4v) is 1.68. The molecule has 0 saturated heterocycles. The molecule has 0 aromatic heterocycles. The van der Waals surface area contributed by atoms with E-state index in [1.54, 1.807) is 24.3 Å². The molecule has 0 bridgehead atoms. The Bertz CT molecular complexity index is 622. The van der Waals surface area contributed by atoms with Crippen LogP contribution in [0.2, 0.25) is 0 Å². The van der Waals surface area contributed by atoms with Gasteiger partial charge in [0.05, 0.1) is 11.8 Å². The fourth-order valence-electron chi connectivity index (χ4n) is 1.68. The number of rotatable bonds is 5. The smallest absolute Gasteiger partial charge is 0.335 e. The van der Waals surface area contributed by atoms with Crippen LogP contribution in [0.3, 0.4) is 0 Å². The van der Waals surface area contributed by atoms with E-state index in [4.69, 9.17) is 9.84 Å². The van der Waals surface area contributed by atoms with Crippen LogP contribution in [0.1, 0.15) is 21.5 Å². The molecule has 0 radical (unpaired) electrons. The lowest BCUT2D eigenvalue weighted by Gasteiger charge is -2.00. The van der Waals surface area contributed by atoms with E-state index in [9.17, 15) is 4.79 Å². The number of ether oxygens (including phenoxy) is 1. The summed E-state index contributed by atoms with van der Waals surface area (Å²) in [4.78, 5) is 10.7. The normalized spacial score (nSPS) is 10.4. The molecular formula is C17H14O3. The minimum atomic E-state index is -0.918. The van der Waals surface area contributed by atoms with E-state index >= 15 is 0 Å². The SMILES string of the molecule is C=COc1ccc(C=Cc2ccc(C(=O)O)cc2)cc1. The van der Waals surface area contributed by atoms with Gasteiger partial charge >= 0.3 is 5.97 Å². The number of carboxylic acid groups (broad SMARTS) is 1. The monoisotopic (exact) mass is 266 g/mol. The van der Waals surface area contributed by atoms with Crippen molar-refractivity contribution in [2.75, 3.05) is 0 Å². The molecule has 0 fully saturated rings. The largest absolute Gasteiger partial charge is 0.478 e. The Kier molecular flexibility index (Phi) is 4.35. The van der Waals surface area contributed by atoms with E-state index in [-0.39, 0.29) is 5.56 Å². The van der Waals surface area contributed by atoms with E-state index in [1.165, 1.54) is 6.26 Å². The van der Waals surface area contributed by atoms with Crippen LogP contribution in [-0.4, -0.2) is 11.1 Å². The van der Waals surface area contributed by atoms with Gasteiger partial charge in [0.1, 0.15) is 5.75 Å². The lowest BCUT2D eigenvalue weighted by Crippen LogP contribution is -1.94. The van der Waals surface area contributed by atoms with Gasteiger partial charge in [0.25, 0.3) is 0 Å². The average molecular weight is 266 g/mol. The maximum atomic E-state index is 10.7. The van der Waals surface area contributed by atoms with Gasteiger partial charge in [-0.25, -0.2) is 4.79 Å². The van der Waals surface area contributed by atoms with Crippen molar-refractivity contribution in [2.45, 2.75) is 0 Å². The Labute approximate surface area is 117 Å². The summed E-state index contributed by atoms with van der Waals surface area (Å²) in [5.74, 6) is -0.179. The van der Waals surface area contributed by atoms with Gasteiger partial charge in [0.15, 0.2) is 0 Å². The molecule has 1 N–H and O–H groups in total. The molecule has 0 atom stereocenters. The molecule has 2 rings (SSSR count). The van der Waals surface area contributed by atoms with Gasteiger partial charge in [0, 0.05) is 0 Å². The van der Waals surface area contributed by atoms with Crippen LogP contribution < -0.4 is 4.74 Å². The van der Waals surface area contributed by atoms with Crippen molar-refractivity contribution >= 4 is 18.1 Å². The average Bonchev–Trinajstić information content (AvgIpc) is 2.47. The van der Waals surface area contributed by atoms with E-state index < -0.39 is 5.97 Å². The number of carboxylic acids is 1. The van der Waals surface area contributed by atoms with Crippen LogP contribution >= 0.6 is 0 Å². The maximum absolute atomic E-state index is 10.7. The second-order valence-corrected chi connectivity index (χ2v) is 4.11. The third-order valence-corrected chi connectivity index (χ3v) is 2.73. The lowest BCUT2D eigenvalue weighted by molar-refractivity contribution is 0.0697. The summed E-state index contributed by atoms with van der Waals surface area (Å²) in [5.41, 5.74) is 2.26. The van der Waals surface area contributed by atoms with E-state index in [1.807, 2.05) is 36.4 Å². The van der Waals surface area contributed by atoms with Gasteiger partial charge in [-0.05, 0) is 35.4 Å². The molecular weight excluding hydrogens is 252 g/mol. The molecule has 0 amide bonds. The van der Waals surface area contributed by atoms with E-state index in [2.05, 4.69) is 6.58 Å². The summed E-state index contributed by atoms with van der Waals surface area (Å²) in [6.07, 6.45) is 5.26. The molecule has 0 saturated carbocycles. The van der Waals surface area contributed by atoms with E-state index in [0.29, 0.717) is 0 Å². The molecule has 20 heavy (non-hydrogen) atoms. The number of benzene rings is 2. The van der Waals surface area contributed by atoms with Gasteiger partial charge in [-0.3, -0.25) is 0 Å². The molecule has 100 valence electrons. The van der Waals surface area contributed by atoms with Crippen molar-refractivity contribution in [3.8, 4) is 5.75 Å². The predicted octanol–water partition coefficient (Wildman–Crippen LogP) is 4.08. The Balaban J connectivity index is 2.08. The van der Waals surface area contributed by atoms with E-state index in [0.717, 1.165) is 16.9 Å². The molecule has 0 spiro atoms. The Morgan fingerprint density at radius 1 is 0.950 bits per heavy atom. The van der Waals surface area contributed by atoms with Crippen LogP contribution in [0.15, 0.2) is 61.4 Å². The number of aromatic carboxylic acids is 1. The molecule has 3 heteroatoms. The maximum Gasteiger partial charge on any atom is 0.335 e. The van der Waals surface area contributed by atoms with Crippen molar-refractivity contribution in [3.63, 3.8) is 0 Å². The first kappa shape index (κ1) is 13.6. The van der Waals surface area contributed by atoms with Crippen LogP contribution in [-0.2, 0) is 0 Å². The number of hydrogen-bond acceptors (Lipinski definition) is 2. The Morgan fingerprint density at radius 2 is 1.45 bits per heavy atom. The molecule has 0 aliphatic carbocycles. The molecule has 2 aromatic rings. The minimum absolute atomic E-state index is 0.285. The van der Waals surface area contributed by atoms with Crippen molar-refractivity contribution in [3.05, 3.63) is 78.1 Å². The number of carbonyl (C=O) groups is 1. The van der Waals surface area contributed by atoms with Gasteiger partial charge in [0.2, 0.25) is 0 Å². The standard InChI is InChI=1S/C17H14O3/c1-2-20-16-11-7-14(8-12-16)4-3-13-5-9-15(10-6-13)17(18)19/h2-12H,1H2,(H,18,19). The molecule has 0 aliphatic rings. The van der Waals surface area contributed by atoms with Crippen molar-refractivity contribution in [2.24, 2.45) is 0 Å². The zero-order valence-electron chi connectivity index (χ0n) is 10.8. The summed E-state index contributed by atoms with van der Waals surface area (Å²) in [6.45, 7) is 3.50. The number of hydrogen-bond donors (Lipinski definition) is 1. The van der Waals surface area contributed by atoms with Crippen LogP contribution in [0.25, 0.3) is 12.2 Å². The van der Waals surface area contributed by atoms with Crippen LogP contribution in [0, 0.1) is 0 Å². The van der Waals surface area contributed by atoms with Gasteiger partial charge in [-0.1, -0.05) is 43.0 Å². The quantitative estimate of drug-likeness (QED) is 0.655. The topological polar surface area (TPSA) is 46.5 Å². The first-order chi connectivity index (χ1) is 9.69. The Morgan fingerprint density at radius 3 is 1.90 bits per heavy atom. The molecule has 0 unspecified atom stereocenters. The van der Waals surface area contributed by atoms with Crippen molar-refractivity contribution in [1.82, 2.24) is 0 Å². The molecule has 0 aliphatic heterocycles. The van der Waals surface area contributed by atoms with Crippen molar-refractivity contribution in [1.29, 1.82) is 0 Å². The van der Waals surface area contributed by atoms with Crippen LogP contribution in [0.5, 0.6) is 5.75 Å².